The number of hydrogen-bond donors (Lipinski definition) is 4. The van der Waals surface area contributed by atoms with Crippen LogP contribution in [0.1, 0.15) is 162 Å². The highest BCUT2D eigenvalue weighted by atomic mass is 16.5. The molecule has 4 amide bonds. The molecule has 2 aromatic carbocycles. The number of carbonyl (C=O) groups is 4. The molecule has 4 aromatic rings. The molecule has 6 bridgehead atoms. The number of ether oxygens (including phenoxy) is 2. The number of nitrogens with zero attached hydrogens (tertiary/aromatic N) is 4. The van der Waals surface area contributed by atoms with Crippen LogP contribution in [0.4, 0.5) is 9.59 Å². The van der Waals surface area contributed by atoms with Gasteiger partial charge in [-0.05, 0) is 158 Å². The van der Waals surface area contributed by atoms with E-state index < -0.39 is 24.3 Å². The summed E-state index contributed by atoms with van der Waals surface area (Å²) in [6, 6.07) is 8.04. The number of likely N-dealkylation sites (tertiary alicyclic amines) is 2. The highest BCUT2D eigenvalue weighted by Gasteiger charge is 2.54. The first kappa shape index (κ1) is 43.6. The van der Waals surface area contributed by atoms with Gasteiger partial charge in [0.15, 0.2) is 0 Å². The molecule has 6 aliphatic carbocycles. The highest BCUT2D eigenvalue weighted by molar-refractivity contribution is 5.88. The normalized spacial score (nSPS) is 29.8. The summed E-state index contributed by atoms with van der Waals surface area (Å²) in [7, 11) is 2.67. The van der Waals surface area contributed by atoms with Gasteiger partial charge in [-0.2, -0.15) is 0 Å². The van der Waals surface area contributed by atoms with E-state index >= 15 is 0 Å². The van der Waals surface area contributed by atoms with Crippen molar-refractivity contribution in [3.05, 3.63) is 70.6 Å². The van der Waals surface area contributed by atoms with Crippen molar-refractivity contribution in [2.24, 2.45) is 29.6 Å². The maximum atomic E-state index is 14.3. The summed E-state index contributed by atoms with van der Waals surface area (Å²) in [4.78, 5) is 75.0. The number of aromatic amines is 2. The number of piperidine rings is 2. The standard InChI is InChI=1S/C54H66N8O6/c1-25(2)45(59-53(65)67-5)51(63)61-32-12-9-30(20-32)47(61)49-55-23-40(57-49)37-18-16-36(42-28-7-8-29(19-28)43(37)42)35-15-17-38(44-34-14-11-27(34)22-39(35)44)41-24-56-50(58-41)48-31-10-13-33(21-31)62(48)52(64)46(26(3)4)60-54(66)68-6/h15-18,23-34,45-48H,7-14,19-22H2,1-6H3,(H,55,57)(H,56,58)(H,59,65)(H,60,66). The second kappa shape index (κ2) is 16.5. The fourth-order valence-corrected chi connectivity index (χ4v) is 15.0. The van der Waals surface area contributed by atoms with Gasteiger partial charge in [0.1, 0.15) is 23.7 Å². The molecular formula is C54H66N8O6. The van der Waals surface area contributed by atoms with Crippen LogP contribution in [0.3, 0.4) is 0 Å². The smallest absolute Gasteiger partial charge is 0.407 e. The van der Waals surface area contributed by atoms with E-state index in [0.29, 0.717) is 35.5 Å². The van der Waals surface area contributed by atoms with Crippen LogP contribution in [-0.2, 0) is 25.5 Å². The number of alkyl carbamates (subject to hydrolysis) is 2. The summed E-state index contributed by atoms with van der Waals surface area (Å²) in [5, 5.41) is 5.65. The van der Waals surface area contributed by atoms with Crippen molar-refractivity contribution >= 4 is 24.0 Å². The van der Waals surface area contributed by atoms with Gasteiger partial charge in [0, 0.05) is 23.2 Å². The van der Waals surface area contributed by atoms with Gasteiger partial charge in [-0.25, -0.2) is 19.6 Å². The first-order chi connectivity index (χ1) is 32.9. The average molecular weight is 923 g/mol. The molecule has 4 saturated carbocycles. The molecule has 2 saturated heterocycles. The van der Waals surface area contributed by atoms with Crippen LogP contribution in [-0.4, -0.2) is 92.1 Å². The molecule has 8 aliphatic rings. The monoisotopic (exact) mass is 923 g/mol. The molecule has 0 radical (unpaired) electrons. The second-order valence-corrected chi connectivity index (χ2v) is 22.3. The summed E-state index contributed by atoms with van der Waals surface area (Å²) in [6.07, 6.45) is 15.9. The van der Waals surface area contributed by atoms with E-state index in [9.17, 15) is 19.2 Å². The Bertz CT molecular complexity index is 2700. The zero-order valence-corrected chi connectivity index (χ0v) is 40.3. The zero-order valence-electron chi connectivity index (χ0n) is 40.3. The van der Waals surface area contributed by atoms with Crippen molar-refractivity contribution in [3.63, 3.8) is 0 Å². The molecule has 12 rings (SSSR count). The first-order valence-electron chi connectivity index (χ1n) is 25.7. The van der Waals surface area contributed by atoms with Crippen LogP contribution in [0.25, 0.3) is 33.6 Å². The number of rotatable bonds is 11. The lowest BCUT2D eigenvalue weighted by atomic mass is 9.73. The Hall–Kier alpha value is -5.66. The maximum absolute atomic E-state index is 14.3. The number of benzene rings is 2. The van der Waals surface area contributed by atoms with E-state index in [1.54, 1.807) is 0 Å². The number of hydrogen-bond acceptors (Lipinski definition) is 8. The van der Waals surface area contributed by atoms with Crippen LogP contribution in [0.5, 0.6) is 0 Å². The van der Waals surface area contributed by atoms with Crippen LogP contribution in [0.2, 0.25) is 0 Å². The number of imidazole rings is 2. The van der Waals surface area contributed by atoms with Gasteiger partial charge in [-0.1, -0.05) is 52.0 Å². The van der Waals surface area contributed by atoms with Gasteiger partial charge in [0.05, 0.1) is 50.1 Å². The molecule has 14 heteroatoms. The number of carbonyl (C=O) groups excluding carboxylic acids is 4. The van der Waals surface area contributed by atoms with Gasteiger partial charge in [0.25, 0.3) is 0 Å². The summed E-state index contributed by atoms with van der Waals surface area (Å²) in [5.74, 6) is 4.21. The lowest BCUT2D eigenvalue weighted by Gasteiger charge is -2.37. The van der Waals surface area contributed by atoms with Crippen molar-refractivity contribution < 1.29 is 28.7 Å². The number of methoxy groups -OCH3 is 2. The van der Waals surface area contributed by atoms with E-state index in [-0.39, 0.29) is 47.8 Å². The van der Waals surface area contributed by atoms with Gasteiger partial charge in [0.2, 0.25) is 11.8 Å². The summed E-state index contributed by atoms with van der Waals surface area (Å²) < 4.78 is 9.82. The maximum Gasteiger partial charge on any atom is 0.407 e. The molecule has 0 spiro atoms. The van der Waals surface area contributed by atoms with Crippen molar-refractivity contribution in [1.29, 1.82) is 0 Å². The minimum atomic E-state index is -0.676. The van der Waals surface area contributed by atoms with Crippen molar-refractivity contribution in [2.45, 2.75) is 159 Å². The first-order valence-corrected chi connectivity index (χ1v) is 25.7. The molecule has 12 unspecified atom stereocenters. The Kier molecular flexibility index (Phi) is 10.6. The zero-order chi connectivity index (χ0) is 46.9. The van der Waals surface area contributed by atoms with E-state index in [1.165, 1.54) is 90.8 Å². The van der Waals surface area contributed by atoms with E-state index in [4.69, 9.17) is 19.4 Å². The number of fused-ring (bicyclic) bond motifs is 12. The Morgan fingerprint density at radius 2 is 1.06 bits per heavy atom. The van der Waals surface area contributed by atoms with Crippen molar-refractivity contribution in [1.82, 2.24) is 40.4 Å². The van der Waals surface area contributed by atoms with E-state index in [0.717, 1.165) is 68.0 Å². The Labute approximate surface area is 398 Å². The van der Waals surface area contributed by atoms with E-state index in [1.807, 2.05) is 49.9 Å². The average Bonchev–Trinajstić information content (AvgIpc) is 4.19. The number of nitrogens with one attached hydrogen (secondary N) is 4. The fraction of sp³-hybridized carbons (Fsp3) is 0.593. The fourth-order valence-electron chi connectivity index (χ4n) is 15.0. The molecule has 6 fully saturated rings. The van der Waals surface area contributed by atoms with Gasteiger partial charge < -0.3 is 39.9 Å². The molecule has 68 heavy (non-hydrogen) atoms. The molecule has 358 valence electrons. The Balaban J connectivity index is 0.868. The van der Waals surface area contributed by atoms with Gasteiger partial charge in [-0.15, -0.1) is 0 Å². The van der Waals surface area contributed by atoms with Gasteiger partial charge >= 0.3 is 12.2 Å². The third-order valence-corrected chi connectivity index (χ3v) is 18.2. The molecule has 4 heterocycles. The lowest BCUT2D eigenvalue weighted by Crippen LogP contribution is -2.54. The van der Waals surface area contributed by atoms with Crippen molar-refractivity contribution in [2.75, 3.05) is 14.2 Å². The third kappa shape index (κ3) is 6.68. The Morgan fingerprint density at radius 3 is 1.54 bits per heavy atom. The van der Waals surface area contributed by atoms with Crippen LogP contribution < -0.4 is 10.6 Å². The lowest BCUT2D eigenvalue weighted by molar-refractivity contribution is -0.140. The summed E-state index contributed by atoms with van der Waals surface area (Å²) in [5.41, 5.74) is 13.2. The highest BCUT2D eigenvalue weighted by Crippen LogP contribution is 2.61. The predicted octanol–water partition coefficient (Wildman–Crippen LogP) is 9.41. The molecule has 2 aliphatic heterocycles. The summed E-state index contributed by atoms with van der Waals surface area (Å²) in [6.45, 7) is 7.85. The Morgan fingerprint density at radius 1 is 0.588 bits per heavy atom. The molecule has 2 aromatic heterocycles. The van der Waals surface area contributed by atoms with Crippen LogP contribution in [0, 0.1) is 29.6 Å². The molecule has 4 N–H and O–H groups in total. The van der Waals surface area contributed by atoms with Crippen molar-refractivity contribution in [3.8, 4) is 33.6 Å². The third-order valence-electron chi connectivity index (χ3n) is 18.2. The molecular weight excluding hydrogens is 857 g/mol. The largest absolute Gasteiger partial charge is 0.453 e. The second-order valence-electron chi connectivity index (χ2n) is 22.3. The van der Waals surface area contributed by atoms with Crippen LogP contribution >= 0.6 is 0 Å². The molecule has 12 atom stereocenters. The topological polar surface area (TPSA) is 175 Å². The summed E-state index contributed by atoms with van der Waals surface area (Å²) >= 11 is 0. The predicted molar refractivity (Wildman–Crippen MR) is 255 cm³/mol. The quantitative estimate of drug-likeness (QED) is 0.115. The number of H-pyrrole nitrogens is 2. The number of aromatic nitrogens is 4. The minimum Gasteiger partial charge on any atom is -0.453 e. The molecule has 14 nitrogen and oxygen atoms in total. The SMILES string of the molecule is COC(=O)NC(C(=O)N1C2CCC(C2)C1c1ncc(-c2ccc(-c3ccc(-c4cnc(C5C6CCC(C6)N5C(=O)C(NC(=O)OC)C(C)C)[nH]4)c4c3CC3CCC43)c3c2C2CCC3C2)[nH]1)C(C)C. The number of amides is 4. The van der Waals surface area contributed by atoms with Gasteiger partial charge in [-0.3, -0.25) is 9.59 Å². The van der Waals surface area contributed by atoms with Crippen LogP contribution in [0.15, 0.2) is 36.7 Å². The van der Waals surface area contributed by atoms with E-state index in [2.05, 4.69) is 44.9 Å². The minimum absolute atomic E-state index is 0.0614.